The summed E-state index contributed by atoms with van der Waals surface area (Å²) in [5, 5.41) is 0. The van der Waals surface area contributed by atoms with Gasteiger partial charge in [-0.2, -0.15) is 0 Å². The van der Waals surface area contributed by atoms with E-state index in [1.54, 1.807) is 7.93 Å². The molecule has 0 atom stereocenters. The molecule has 0 fully saturated rings. The third kappa shape index (κ3) is 3.11. The summed E-state index contributed by atoms with van der Waals surface area (Å²) < 4.78 is 8.95. The summed E-state index contributed by atoms with van der Waals surface area (Å²) >= 11 is -5.28. The third-order valence-electron chi connectivity index (χ3n) is 7.56. The van der Waals surface area contributed by atoms with Gasteiger partial charge in [-0.05, 0) is 0 Å². The van der Waals surface area contributed by atoms with Crippen LogP contribution in [0.15, 0.2) is 166 Å². The summed E-state index contributed by atoms with van der Waals surface area (Å²) in [5.74, 6) is 0. The first-order valence-corrected chi connectivity index (χ1v) is 19.8. The molecule has 0 radical (unpaired) electrons. The fourth-order valence-electron chi connectivity index (χ4n) is 6.13. The van der Waals surface area contributed by atoms with Crippen molar-refractivity contribution in [1.82, 2.24) is 0 Å². The Morgan fingerprint density at radius 3 is 1.26 bits per heavy atom. The van der Waals surface area contributed by atoms with Crippen LogP contribution in [0.4, 0.5) is 0 Å². The van der Waals surface area contributed by atoms with Gasteiger partial charge in [0.1, 0.15) is 0 Å². The second kappa shape index (κ2) is 10.4. The van der Waals surface area contributed by atoms with Crippen LogP contribution in [0.2, 0.25) is 0 Å². The second-order valence-electron chi connectivity index (χ2n) is 9.29. The molecular weight excluding hydrogens is 823 g/mol. The smallest absolute Gasteiger partial charge is 0 e. The Morgan fingerprint density at radius 2 is 0.921 bits per heavy atom. The monoisotopic (exact) mass is 856 g/mol. The number of hydrogen-bond donors (Lipinski definition) is 0. The van der Waals surface area contributed by atoms with E-state index in [1.807, 2.05) is 0 Å². The molecule has 0 aliphatic heterocycles. The molecule has 0 saturated heterocycles. The quantitative estimate of drug-likeness (QED) is 0.184. The normalized spacial score (nSPS) is 16.8. The fraction of sp³-hybridized carbons (Fsp3) is 0.111. The number of benzene rings is 4. The van der Waals surface area contributed by atoms with Crippen molar-refractivity contribution in [2.75, 3.05) is 0 Å². The Hall–Kier alpha value is -2.78. The largest absolute Gasteiger partial charge is 0 e. The molecule has 0 bridgehead atoms. The van der Waals surface area contributed by atoms with Gasteiger partial charge < -0.3 is 0 Å². The van der Waals surface area contributed by atoms with Gasteiger partial charge in [0.15, 0.2) is 0 Å². The molecule has 0 amide bonds. The zero-order valence-electron chi connectivity index (χ0n) is 21.5. The third-order valence-corrected chi connectivity index (χ3v) is 32.9. The van der Waals surface area contributed by atoms with Crippen molar-refractivity contribution in [3.63, 3.8) is 0 Å². The van der Waals surface area contributed by atoms with Gasteiger partial charge in [0, 0.05) is 21.1 Å². The maximum absolute atomic E-state index is 5.28. The summed E-state index contributed by atoms with van der Waals surface area (Å²) in [6.45, 7) is 0. The van der Waals surface area contributed by atoms with Crippen LogP contribution in [0.5, 0.6) is 0 Å². The topological polar surface area (TPSA) is 0 Å². The average molecular weight is 857 g/mol. The molecule has 0 spiro atoms. The summed E-state index contributed by atoms with van der Waals surface area (Å²) in [4.78, 5) is 0. The van der Waals surface area contributed by atoms with Crippen LogP contribution < -0.4 is 15.8 Å². The van der Waals surface area contributed by atoms with E-state index in [0.717, 1.165) is 25.7 Å². The Bertz CT molecular complexity index is 1350. The van der Waals surface area contributed by atoms with E-state index in [0.29, 0.717) is 0 Å². The zero-order chi connectivity index (χ0) is 25.1. The molecule has 4 aromatic carbocycles. The number of rotatable bonds is 6. The molecule has 2 aliphatic carbocycles. The first-order chi connectivity index (χ1) is 18.3. The van der Waals surface area contributed by atoms with E-state index < -0.39 is 13.6 Å². The second-order valence-corrected chi connectivity index (χ2v) is 26.0. The van der Waals surface area contributed by atoms with Crippen molar-refractivity contribution >= 4 is 15.8 Å². The predicted molar refractivity (Wildman–Crippen MR) is 157 cm³/mol. The summed E-state index contributed by atoms with van der Waals surface area (Å²) in [6.07, 6.45) is 18.5. The average Bonchev–Trinajstić information content (AvgIpc) is 3.02. The molecule has 2 aliphatic rings. The van der Waals surface area contributed by atoms with E-state index in [-0.39, 0.29) is 21.1 Å². The Balaban J connectivity index is 0.00000294. The molecule has 4 aromatic rings. The van der Waals surface area contributed by atoms with Crippen LogP contribution in [0.3, 0.4) is 0 Å². The minimum absolute atomic E-state index is 0. The van der Waals surface area contributed by atoms with Gasteiger partial charge >= 0.3 is 221 Å². The van der Waals surface area contributed by atoms with Gasteiger partial charge in [-0.15, -0.1) is 0 Å². The van der Waals surface area contributed by atoms with E-state index in [2.05, 4.69) is 158 Å². The maximum Gasteiger partial charge on any atom is 0 e. The van der Waals surface area contributed by atoms with Crippen LogP contribution in [0.1, 0.15) is 25.7 Å². The molecule has 0 N–H and O–H groups in total. The molecule has 0 nitrogen and oxygen atoms in total. The van der Waals surface area contributed by atoms with Crippen LogP contribution in [-0.2, 0) is 34.6 Å². The van der Waals surface area contributed by atoms with Crippen LogP contribution in [0, 0.1) is 0 Å². The molecule has 2 heteroatoms. The first-order valence-electron chi connectivity index (χ1n) is 13.0. The molecule has 0 saturated carbocycles. The maximum atomic E-state index is 2.59. The summed E-state index contributed by atoms with van der Waals surface area (Å²) in [5.41, 5.74) is 0. The van der Waals surface area contributed by atoms with Crippen molar-refractivity contribution in [3.8, 4) is 0 Å². The van der Waals surface area contributed by atoms with E-state index in [1.165, 1.54) is 15.8 Å². The standard InChI is InChI=1S/2C6H7.4C6H5.2Pt/c6*1-2-4-6-5-3-1;;/h1-2,5H,3-4H2;1-3H,4,6H2;4*1-5H;;. The van der Waals surface area contributed by atoms with Crippen LogP contribution >= 0.6 is 0 Å². The van der Waals surface area contributed by atoms with Gasteiger partial charge in [0.25, 0.3) is 0 Å². The first kappa shape index (κ1) is 26.8. The van der Waals surface area contributed by atoms with Crippen LogP contribution in [-0.4, -0.2) is 0 Å². The van der Waals surface area contributed by atoms with Crippen molar-refractivity contribution < 1.29 is 34.6 Å². The van der Waals surface area contributed by atoms with Crippen molar-refractivity contribution in [3.05, 3.63) is 166 Å². The van der Waals surface area contributed by atoms with E-state index in [9.17, 15) is 0 Å². The van der Waals surface area contributed by atoms with Gasteiger partial charge in [-0.3, -0.25) is 0 Å². The Labute approximate surface area is 240 Å². The molecular formula is C36H34Pt2. The summed E-state index contributed by atoms with van der Waals surface area (Å²) in [7, 11) is 0. The SMILES string of the molecule is C1=CCC[C]([Pt]([C]2=CCC=CC2)([c]2ccccc2)([c]2ccccc2)([c]2ccccc2)[c]2ccccc2)=C1.[Pt]. The zero-order valence-corrected chi connectivity index (χ0v) is 26.0. The van der Waals surface area contributed by atoms with Crippen molar-refractivity contribution in [1.29, 1.82) is 0 Å². The van der Waals surface area contributed by atoms with E-state index >= 15 is 0 Å². The van der Waals surface area contributed by atoms with E-state index in [4.69, 9.17) is 0 Å². The minimum atomic E-state index is -5.28. The fourth-order valence-corrected chi connectivity index (χ4v) is 33.4. The van der Waals surface area contributed by atoms with Crippen molar-refractivity contribution in [2.24, 2.45) is 0 Å². The summed E-state index contributed by atoms with van der Waals surface area (Å²) in [6, 6.07) is 46.2. The number of allylic oxidation sites excluding steroid dienone is 8. The van der Waals surface area contributed by atoms with Crippen LogP contribution in [0.25, 0.3) is 0 Å². The van der Waals surface area contributed by atoms with Gasteiger partial charge in [-0.1, -0.05) is 0 Å². The van der Waals surface area contributed by atoms with Gasteiger partial charge in [-0.25, -0.2) is 0 Å². The van der Waals surface area contributed by atoms with Gasteiger partial charge in [0.05, 0.1) is 0 Å². The molecule has 6 rings (SSSR count). The Kier molecular flexibility index (Phi) is 7.35. The molecule has 198 valence electrons. The molecule has 0 aromatic heterocycles. The van der Waals surface area contributed by atoms with Crippen molar-refractivity contribution in [2.45, 2.75) is 25.7 Å². The molecule has 0 heterocycles. The number of hydrogen-bond acceptors (Lipinski definition) is 0. The molecule has 0 unspecified atom stereocenters. The molecule has 38 heavy (non-hydrogen) atoms. The Morgan fingerprint density at radius 1 is 0.474 bits per heavy atom. The minimum Gasteiger partial charge on any atom is 0 e. The van der Waals surface area contributed by atoms with Gasteiger partial charge in [0.2, 0.25) is 0 Å². The predicted octanol–water partition coefficient (Wildman–Crippen LogP) is 6.98.